The molecular formula is C14H22N2OS. The minimum atomic E-state index is -0.773. The van der Waals surface area contributed by atoms with Crippen LogP contribution in [0.1, 0.15) is 26.3 Å². The highest BCUT2D eigenvalue weighted by Gasteiger charge is 2.37. The number of nitrogens with two attached hydrogens (primary N) is 1. The van der Waals surface area contributed by atoms with Crippen LogP contribution in [0.15, 0.2) is 30.3 Å². The summed E-state index contributed by atoms with van der Waals surface area (Å²) in [6.07, 6.45) is 0. The van der Waals surface area contributed by atoms with Crippen molar-refractivity contribution in [3.05, 3.63) is 35.9 Å². The van der Waals surface area contributed by atoms with Gasteiger partial charge in [0.2, 0.25) is 5.91 Å². The molecule has 100 valence electrons. The zero-order valence-electron chi connectivity index (χ0n) is 11.3. The lowest BCUT2D eigenvalue weighted by Crippen LogP contribution is -2.54. The van der Waals surface area contributed by atoms with Gasteiger partial charge < -0.3 is 5.73 Å². The number of primary amides is 1. The number of amides is 1. The van der Waals surface area contributed by atoms with E-state index in [1.54, 1.807) is 11.8 Å². The molecule has 3 N–H and O–H groups in total. The number of thioether (sulfide) groups is 1. The van der Waals surface area contributed by atoms with Crippen LogP contribution in [-0.2, 0) is 10.3 Å². The summed E-state index contributed by atoms with van der Waals surface area (Å²) >= 11 is 1.74. The van der Waals surface area contributed by atoms with Gasteiger partial charge in [0.15, 0.2) is 0 Å². The maximum atomic E-state index is 12.0. The van der Waals surface area contributed by atoms with Crippen molar-refractivity contribution < 1.29 is 4.79 Å². The molecular weight excluding hydrogens is 244 g/mol. The molecule has 1 unspecified atom stereocenters. The summed E-state index contributed by atoms with van der Waals surface area (Å²) < 4.78 is 0. The summed E-state index contributed by atoms with van der Waals surface area (Å²) in [6.45, 7) is 6.93. The SMILES string of the molecule is CCNC(CSC(C)C)(C(N)=O)c1ccccc1. The molecule has 0 aliphatic carbocycles. The van der Waals surface area contributed by atoms with Crippen LogP contribution in [0.5, 0.6) is 0 Å². The zero-order valence-corrected chi connectivity index (χ0v) is 12.1. The van der Waals surface area contributed by atoms with Crippen LogP contribution >= 0.6 is 11.8 Å². The first-order chi connectivity index (χ1) is 8.53. The molecule has 0 fully saturated rings. The minimum Gasteiger partial charge on any atom is -0.368 e. The number of carbonyl (C=O) groups is 1. The Morgan fingerprint density at radius 2 is 2.00 bits per heavy atom. The van der Waals surface area contributed by atoms with E-state index in [4.69, 9.17) is 5.73 Å². The van der Waals surface area contributed by atoms with Gasteiger partial charge in [-0.3, -0.25) is 10.1 Å². The summed E-state index contributed by atoms with van der Waals surface area (Å²) in [5.74, 6) is 0.335. The average Bonchev–Trinajstić information content (AvgIpc) is 2.35. The lowest BCUT2D eigenvalue weighted by molar-refractivity contribution is -0.123. The van der Waals surface area contributed by atoms with Crippen molar-refractivity contribution in [2.75, 3.05) is 12.3 Å². The third-order valence-corrected chi connectivity index (χ3v) is 4.07. The zero-order chi connectivity index (χ0) is 13.6. The molecule has 0 aromatic heterocycles. The number of hydrogen-bond acceptors (Lipinski definition) is 3. The topological polar surface area (TPSA) is 55.1 Å². The van der Waals surface area contributed by atoms with E-state index in [1.807, 2.05) is 37.3 Å². The van der Waals surface area contributed by atoms with Gasteiger partial charge >= 0.3 is 0 Å². The molecule has 1 rings (SSSR count). The predicted molar refractivity (Wildman–Crippen MR) is 78.6 cm³/mol. The Hall–Kier alpha value is -1.00. The van der Waals surface area contributed by atoms with Gasteiger partial charge in [-0.05, 0) is 17.4 Å². The molecule has 0 aliphatic rings. The van der Waals surface area contributed by atoms with Crippen LogP contribution in [0, 0.1) is 0 Å². The molecule has 0 bridgehead atoms. The highest BCUT2D eigenvalue weighted by Crippen LogP contribution is 2.27. The second-order valence-corrected chi connectivity index (χ2v) is 6.09. The fraction of sp³-hybridized carbons (Fsp3) is 0.500. The van der Waals surface area contributed by atoms with Crippen molar-refractivity contribution in [1.29, 1.82) is 0 Å². The number of nitrogens with one attached hydrogen (secondary N) is 1. The van der Waals surface area contributed by atoms with Crippen LogP contribution in [0.25, 0.3) is 0 Å². The summed E-state index contributed by atoms with van der Waals surface area (Å²) in [6, 6.07) is 9.72. The van der Waals surface area contributed by atoms with Crippen LogP contribution in [-0.4, -0.2) is 23.5 Å². The Morgan fingerprint density at radius 3 is 2.44 bits per heavy atom. The maximum absolute atomic E-state index is 12.0. The van der Waals surface area contributed by atoms with Gasteiger partial charge in [0.25, 0.3) is 0 Å². The van der Waals surface area contributed by atoms with Gasteiger partial charge in [0.1, 0.15) is 5.54 Å². The summed E-state index contributed by atoms with van der Waals surface area (Å²) in [5, 5.41) is 3.74. The Balaban J connectivity index is 3.09. The second-order valence-electron chi connectivity index (χ2n) is 4.53. The summed E-state index contributed by atoms with van der Waals surface area (Å²) in [7, 11) is 0. The quantitative estimate of drug-likeness (QED) is 0.795. The van der Waals surface area contributed by atoms with Crippen molar-refractivity contribution in [2.45, 2.75) is 31.6 Å². The second kappa shape index (κ2) is 6.81. The van der Waals surface area contributed by atoms with E-state index < -0.39 is 5.54 Å². The van der Waals surface area contributed by atoms with E-state index in [0.717, 1.165) is 5.56 Å². The van der Waals surface area contributed by atoms with Crippen LogP contribution in [0.4, 0.5) is 0 Å². The van der Waals surface area contributed by atoms with Gasteiger partial charge in [0.05, 0.1) is 0 Å². The predicted octanol–water partition coefficient (Wildman–Crippen LogP) is 2.12. The van der Waals surface area contributed by atoms with Crippen LogP contribution < -0.4 is 11.1 Å². The molecule has 0 radical (unpaired) electrons. The Kier molecular flexibility index (Phi) is 5.69. The summed E-state index contributed by atoms with van der Waals surface area (Å²) in [4.78, 5) is 12.0. The van der Waals surface area contributed by atoms with E-state index in [2.05, 4.69) is 19.2 Å². The average molecular weight is 266 g/mol. The van der Waals surface area contributed by atoms with Crippen LogP contribution in [0.2, 0.25) is 0 Å². The van der Waals surface area contributed by atoms with Gasteiger partial charge in [-0.15, -0.1) is 0 Å². The fourth-order valence-corrected chi connectivity index (χ4v) is 2.85. The molecule has 1 amide bonds. The Labute approximate surface area is 114 Å². The number of benzene rings is 1. The van der Waals surface area contributed by atoms with Gasteiger partial charge in [-0.25, -0.2) is 0 Å². The third-order valence-electron chi connectivity index (χ3n) is 2.80. The van der Waals surface area contributed by atoms with Crippen molar-refractivity contribution in [3.63, 3.8) is 0 Å². The minimum absolute atomic E-state index is 0.316. The van der Waals surface area contributed by atoms with E-state index >= 15 is 0 Å². The fourth-order valence-electron chi connectivity index (χ4n) is 1.85. The molecule has 3 nitrogen and oxygen atoms in total. The van der Waals surface area contributed by atoms with E-state index in [-0.39, 0.29) is 5.91 Å². The van der Waals surface area contributed by atoms with Gasteiger partial charge in [-0.1, -0.05) is 51.1 Å². The van der Waals surface area contributed by atoms with Crippen molar-refractivity contribution in [2.24, 2.45) is 5.73 Å². The number of rotatable bonds is 7. The monoisotopic (exact) mass is 266 g/mol. The van der Waals surface area contributed by atoms with E-state index in [0.29, 0.717) is 17.5 Å². The number of hydrogen-bond donors (Lipinski definition) is 2. The Morgan fingerprint density at radius 1 is 1.39 bits per heavy atom. The largest absolute Gasteiger partial charge is 0.368 e. The maximum Gasteiger partial charge on any atom is 0.243 e. The van der Waals surface area contributed by atoms with E-state index in [1.165, 1.54) is 0 Å². The molecule has 18 heavy (non-hydrogen) atoms. The first kappa shape index (κ1) is 15.1. The number of carbonyl (C=O) groups excluding carboxylic acids is 1. The molecule has 1 aromatic carbocycles. The Bertz CT molecular complexity index is 381. The molecule has 0 heterocycles. The standard InChI is InChI=1S/C14H22N2OS/c1-4-16-14(13(15)17,10-18-11(2)3)12-8-6-5-7-9-12/h5-9,11,16H,4,10H2,1-3H3,(H2,15,17). The molecule has 0 saturated heterocycles. The molecule has 1 aromatic rings. The van der Waals surface area contributed by atoms with Gasteiger partial charge in [0, 0.05) is 5.75 Å². The molecule has 1 atom stereocenters. The smallest absolute Gasteiger partial charge is 0.243 e. The molecule has 0 spiro atoms. The first-order valence-electron chi connectivity index (χ1n) is 6.25. The van der Waals surface area contributed by atoms with Crippen molar-refractivity contribution >= 4 is 17.7 Å². The molecule has 0 saturated carbocycles. The molecule has 4 heteroatoms. The van der Waals surface area contributed by atoms with E-state index in [9.17, 15) is 4.79 Å². The lowest BCUT2D eigenvalue weighted by atomic mass is 9.91. The first-order valence-corrected chi connectivity index (χ1v) is 7.30. The van der Waals surface area contributed by atoms with Crippen LogP contribution in [0.3, 0.4) is 0 Å². The highest BCUT2D eigenvalue weighted by atomic mass is 32.2. The molecule has 0 aliphatic heterocycles. The highest BCUT2D eigenvalue weighted by molar-refractivity contribution is 7.99. The normalized spacial score (nSPS) is 14.4. The lowest BCUT2D eigenvalue weighted by Gasteiger charge is -2.32. The van der Waals surface area contributed by atoms with Crippen molar-refractivity contribution in [1.82, 2.24) is 5.32 Å². The summed E-state index contributed by atoms with van der Waals surface area (Å²) in [5.41, 5.74) is 5.83. The van der Waals surface area contributed by atoms with Crippen molar-refractivity contribution in [3.8, 4) is 0 Å². The van der Waals surface area contributed by atoms with Gasteiger partial charge in [-0.2, -0.15) is 11.8 Å². The third kappa shape index (κ3) is 3.50. The number of likely N-dealkylation sites (N-methyl/N-ethyl adjacent to an activating group) is 1.